The number of aliphatic hydroxyl groups is 1. The first kappa shape index (κ1) is 14.1. The molecule has 2 unspecified atom stereocenters. The molecular formula is C17H21NO3. The summed E-state index contributed by atoms with van der Waals surface area (Å²) in [6, 6.07) is 5.81. The monoisotopic (exact) mass is 287 g/mol. The summed E-state index contributed by atoms with van der Waals surface area (Å²) < 4.78 is 5.51. The van der Waals surface area contributed by atoms with Crippen LogP contribution in [0.15, 0.2) is 28.9 Å². The Morgan fingerprint density at radius 3 is 3.05 bits per heavy atom. The predicted octanol–water partition coefficient (Wildman–Crippen LogP) is 2.98. The molecule has 1 aromatic carbocycles. The summed E-state index contributed by atoms with van der Waals surface area (Å²) in [5.74, 6) is -0.0479. The zero-order valence-corrected chi connectivity index (χ0v) is 12.5. The molecule has 2 heterocycles. The normalized spacial score (nSPS) is 22.7. The lowest BCUT2D eigenvalue weighted by Crippen LogP contribution is -2.49. The smallest absolute Gasteiger partial charge is 0.258 e. The fraction of sp³-hybridized carbons (Fsp3) is 0.471. The Morgan fingerprint density at radius 1 is 1.48 bits per heavy atom. The van der Waals surface area contributed by atoms with E-state index < -0.39 is 6.10 Å². The second-order valence-electron chi connectivity index (χ2n) is 5.78. The topological polar surface area (TPSA) is 53.7 Å². The highest BCUT2D eigenvalue weighted by atomic mass is 16.3. The van der Waals surface area contributed by atoms with Crippen LogP contribution >= 0.6 is 0 Å². The second kappa shape index (κ2) is 5.53. The highest BCUT2D eigenvalue weighted by molar-refractivity contribution is 6.06. The van der Waals surface area contributed by atoms with E-state index in [1.54, 1.807) is 11.2 Å². The number of piperidine rings is 1. The molecule has 0 spiro atoms. The Kier molecular flexibility index (Phi) is 3.72. The lowest BCUT2D eigenvalue weighted by Gasteiger charge is -2.36. The zero-order chi connectivity index (χ0) is 15.0. The van der Waals surface area contributed by atoms with Gasteiger partial charge in [-0.05, 0) is 43.9 Å². The Hall–Kier alpha value is -1.81. The van der Waals surface area contributed by atoms with E-state index in [4.69, 9.17) is 4.42 Å². The number of benzene rings is 1. The summed E-state index contributed by atoms with van der Waals surface area (Å²) in [5, 5.41) is 10.8. The van der Waals surface area contributed by atoms with Crippen molar-refractivity contribution < 1.29 is 14.3 Å². The van der Waals surface area contributed by atoms with Crippen LogP contribution in [0.5, 0.6) is 0 Å². The molecule has 112 valence electrons. The van der Waals surface area contributed by atoms with Crippen LogP contribution in [-0.2, 0) is 6.42 Å². The van der Waals surface area contributed by atoms with Crippen molar-refractivity contribution in [1.29, 1.82) is 0 Å². The Bertz CT molecular complexity index is 661. The highest BCUT2D eigenvalue weighted by Gasteiger charge is 2.31. The van der Waals surface area contributed by atoms with Crippen molar-refractivity contribution in [2.45, 2.75) is 45.3 Å². The molecule has 2 atom stereocenters. The van der Waals surface area contributed by atoms with Crippen LogP contribution < -0.4 is 0 Å². The van der Waals surface area contributed by atoms with Crippen LogP contribution in [0.1, 0.15) is 42.6 Å². The third-order valence-electron chi connectivity index (χ3n) is 4.48. The molecule has 1 aliphatic rings. The summed E-state index contributed by atoms with van der Waals surface area (Å²) in [7, 11) is 0. The minimum Gasteiger partial charge on any atom is -0.463 e. The Morgan fingerprint density at radius 2 is 2.29 bits per heavy atom. The summed E-state index contributed by atoms with van der Waals surface area (Å²) >= 11 is 0. The van der Waals surface area contributed by atoms with Crippen molar-refractivity contribution in [1.82, 2.24) is 4.90 Å². The van der Waals surface area contributed by atoms with E-state index in [2.05, 4.69) is 6.92 Å². The lowest BCUT2D eigenvalue weighted by atomic mass is 9.99. The summed E-state index contributed by atoms with van der Waals surface area (Å²) in [6.45, 7) is 4.69. The molecule has 1 fully saturated rings. The third-order valence-corrected chi connectivity index (χ3v) is 4.48. The van der Waals surface area contributed by atoms with Crippen molar-refractivity contribution in [3.8, 4) is 0 Å². The van der Waals surface area contributed by atoms with E-state index in [1.807, 2.05) is 25.1 Å². The fourth-order valence-electron chi connectivity index (χ4n) is 3.03. The molecule has 0 saturated carbocycles. The van der Waals surface area contributed by atoms with Gasteiger partial charge in [0, 0.05) is 11.9 Å². The molecule has 3 rings (SSSR count). The van der Waals surface area contributed by atoms with Gasteiger partial charge in [-0.15, -0.1) is 0 Å². The van der Waals surface area contributed by atoms with E-state index >= 15 is 0 Å². The highest BCUT2D eigenvalue weighted by Crippen LogP contribution is 2.27. The number of aryl methyl sites for hydroxylation is 1. The Balaban J connectivity index is 1.97. The molecule has 4 nitrogen and oxygen atoms in total. The van der Waals surface area contributed by atoms with E-state index in [-0.39, 0.29) is 11.9 Å². The number of hydrogen-bond acceptors (Lipinski definition) is 3. The van der Waals surface area contributed by atoms with Gasteiger partial charge in [0.25, 0.3) is 5.91 Å². The minimum absolute atomic E-state index is 0.0479. The van der Waals surface area contributed by atoms with E-state index in [9.17, 15) is 9.90 Å². The number of carbonyl (C=O) groups is 1. The van der Waals surface area contributed by atoms with Crippen LogP contribution in [0, 0.1) is 0 Å². The van der Waals surface area contributed by atoms with Gasteiger partial charge in [-0.2, -0.15) is 0 Å². The number of carbonyl (C=O) groups excluding carboxylic acids is 1. The first-order valence-electron chi connectivity index (χ1n) is 7.61. The number of fused-ring (bicyclic) bond motifs is 1. The van der Waals surface area contributed by atoms with Crippen LogP contribution in [0.3, 0.4) is 0 Å². The average Bonchev–Trinajstić information content (AvgIpc) is 2.92. The number of rotatable bonds is 2. The van der Waals surface area contributed by atoms with E-state index in [0.717, 1.165) is 30.2 Å². The summed E-state index contributed by atoms with van der Waals surface area (Å²) in [5.41, 5.74) is 2.52. The van der Waals surface area contributed by atoms with Gasteiger partial charge in [0.05, 0.1) is 17.7 Å². The largest absolute Gasteiger partial charge is 0.463 e. The number of likely N-dealkylation sites (tertiary alicyclic amines) is 1. The maximum atomic E-state index is 12.8. The number of furan rings is 1. The maximum Gasteiger partial charge on any atom is 0.258 e. The molecule has 21 heavy (non-hydrogen) atoms. The van der Waals surface area contributed by atoms with E-state index in [1.165, 1.54) is 5.56 Å². The van der Waals surface area contributed by atoms with Crippen molar-refractivity contribution in [2.75, 3.05) is 6.54 Å². The number of amides is 1. The lowest BCUT2D eigenvalue weighted by molar-refractivity contribution is 0.0181. The molecule has 1 aliphatic heterocycles. The molecular weight excluding hydrogens is 266 g/mol. The summed E-state index contributed by atoms with van der Waals surface area (Å²) in [4.78, 5) is 14.5. The van der Waals surface area contributed by atoms with Crippen LogP contribution in [0.25, 0.3) is 11.0 Å². The van der Waals surface area contributed by atoms with Gasteiger partial charge in [0.2, 0.25) is 0 Å². The first-order chi connectivity index (χ1) is 10.1. The molecule has 1 saturated heterocycles. The van der Waals surface area contributed by atoms with Crippen LogP contribution in [0.2, 0.25) is 0 Å². The van der Waals surface area contributed by atoms with Gasteiger partial charge < -0.3 is 14.4 Å². The number of aliphatic hydroxyl groups excluding tert-OH is 1. The van der Waals surface area contributed by atoms with Gasteiger partial charge >= 0.3 is 0 Å². The first-order valence-corrected chi connectivity index (χ1v) is 7.61. The molecule has 1 amide bonds. The molecule has 0 radical (unpaired) electrons. The van der Waals surface area contributed by atoms with Gasteiger partial charge in [-0.3, -0.25) is 4.79 Å². The molecule has 1 aromatic heterocycles. The van der Waals surface area contributed by atoms with Crippen molar-refractivity contribution >= 4 is 16.9 Å². The van der Waals surface area contributed by atoms with Crippen molar-refractivity contribution in [2.24, 2.45) is 0 Å². The Labute approximate surface area is 124 Å². The van der Waals surface area contributed by atoms with Crippen molar-refractivity contribution in [3.05, 3.63) is 35.6 Å². The SMILES string of the molecule is CCc1ccc2occ(C(=O)N3CCCC(O)C3C)c2c1. The van der Waals surface area contributed by atoms with Crippen LogP contribution in [0.4, 0.5) is 0 Å². The van der Waals surface area contributed by atoms with Gasteiger partial charge in [-0.25, -0.2) is 0 Å². The van der Waals surface area contributed by atoms with Gasteiger partial charge in [0.15, 0.2) is 0 Å². The predicted molar refractivity (Wildman–Crippen MR) is 81.3 cm³/mol. The molecule has 2 aromatic rings. The number of nitrogens with zero attached hydrogens (tertiary/aromatic N) is 1. The molecule has 4 heteroatoms. The maximum absolute atomic E-state index is 12.8. The van der Waals surface area contributed by atoms with Gasteiger partial charge in [-0.1, -0.05) is 13.0 Å². The number of hydrogen-bond donors (Lipinski definition) is 1. The van der Waals surface area contributed by atoms with E-state index in [0.29, 0.717) is 12.1 Å². The molecule has 1 N–H and O–H groups in total. The fourth-order valence-corrected chi connectivity index (χ4v) is 3.03. The van der Waals surface area contributed by atoms with Gasteiger partial charge in [0.1, 0.15) is 11.8 Å². The standard InChI is InChI=1S/C17H21NO3/c1-3-12-6-7-16-13(9-12)14(10-21-16)17(20)18-8-4-5-15(19)11(18)2/h6-7,9-11,15,19H,3-5,8H2,1-2H3. The average molecular weight is 287 g/mol. The van der Waals surface area contributed by atoms with Crippen LogP contribution in [-0.4, -0.2) is 34.6 Å². The molecule has 0 bridgehead atoms. The minimum atomic E-state index is -0.438. The zero-order valence-electron chi connectivity index (χ0n) is 12.5. The van der Waals surface area contributed by atoms with Crippen molar-refractivity contribution in [3.63, 3.8) is 0 Å². The third kappa shape index (κ3) is 2.44. The second-order valence-corrected chi connectivity index (χ2v) is 5.78. The molecule has 0 aliphatic carbocycles. The quantitative estimate of drug-likeness (QED) is 0.924. The summed E-state index contributed by atoms with van der Waals surface area (Å²) in [6.07, 6.45) is 3.63.